The van der Waals surface area contributed by atoms with E-state index in [2.05, 4.69) is 68.3 Å². The van der Waals surface area contributed by atoms with E-state index < -0.39 is 0 Å². The van der Waals surface area contributed by atoms with Gasteiger partial charge in [-0.05, 0) is 58.7 Å². The van der Waals surface area contributed by atoms with Gasteiger partial charge in [0.25, 0.3) is 0 Å². The quantitative estimate of drug-likeness (QED) is 0.843. The Morgan fingerprint density at radius 1 is 1.10 bits per heavy atom. The molecule has 0 spiro atoms. The summed E-state index contributed by atoms with van der Waals surface area (Å²) >= 11 is 1.72. The van der Waals surface area contributed by atoms with Gasteiger partial charge in [-0.1, -0.05) is 29.5 Å². The summed E-state index contributed by atoms with van der Waals surface area (Å²) in [6, 6.07) is 6.36. The van der Waals surface area contributed by atoms with E-state index in [4.69, 9.17) is 0 Å². The van der Waals surface area contributed by atoms with Crippen LogP contribution < -0.4 is 5.32 Å². The first-order chi connectivity index (χ1) is 9.87. The highest BCUT2D eigenvalue weighted by molar-refractivity contribution is 7.14. The van der Waals surface area contributed by atoms with Crippen LogP contribution in [0.15, 0.2) is 18.2 Å². The molecule has 2 rings (SSSR count). The van der Waals surface area contributed by atoms with Crippen molar-refractivity contribution < 1.29 is 0 Å². The molecule has 2 aromatic rings. The summed E-state index contributed by atoms with van der Waals surface area (Å²) in [6.07, 6.45) is 2.09. The van der Waals surface area contributed by atoms with Crippen LogP contribution in [-0.2, 0) is 6.42 Å². The molecule has 0 bridgehead atoms. The molecule has 0 aliphatic carbocycles. The van der Waals surface area contributed by atoms with Crippen molar-refractivity contribution in [2.45, 2.75) is 53.0 Å². The Morgan fingerprint density at radius 3 is 2.38 bits per heavy atom. The predicted molar refractivity (Wildman–Crippen MR) is 90.9 cm³/mol. The highest BCUT2D eigenvalue weighted by Gasteiger charge is 2.12. The van der Waals surface area contributed by atoms with E-state index in [0.29, 0.717) is 0 Å². The number of nitrogens with one attached hydrogen (secondary N) is 1. The van der Waals surface area contributed by atoms with Crippen molar-refractivity contribution in [2.24, 2.45) is 0 Å². The van der Waals surface area contributed by atoms with Gasteiger partial charge in [-0.25, -0.2) is 0 Å². The summed E-state index contributed by atoms with van der Waals surface area (Å²) in [5, 5.41) is 14.4. The molecule has 0 saturated heterocycles. The van der Waals surface area contributed by atoms with Crippen molar-refractivity contribution in [3.05, 3.63) is 34.3 Å². The van der Waals surface area contributed by atoms with Crippen LogP contribution in [0.25, 0.3) is 10.6 Å². The lowest BCUT2D eigenvalue weighted by Gasteiger charge is -2.20. The van der Waals surface area contributed by atoms with Gasteiger partial charge in [0.1, 0.15) is 10.0 Å². The molecule has 3 nitrogen and oxygen atoms in total. The second kappa shape index (κ2) is 6.67. The van der Waals surface area contributed by atoms with Gasteiger partial charge in [0.2, 0.25) is 0 Å². The molecule has 1 N–H and O–H groups in total. The monoisotopic (exact) mass is 303 g/mol. The van der Waals surface area contributed by atoms with Gasteiger partial charge in [0, 0.05) is 17.5 Å². The third kappa shape index (κ3) is 4.61. The fourth-order valence-corrected chi connectivity index (χ4v) is 3.37. The molecule has 0 fully saturated rings. The van der Waals surface area contributed by atoms with Gasteiger partial charge in [-0.15, -0.1) is 10.2 Å². The van der Waals surface area contributed by atoms with Crippen molar-refractivity contribution in [3.63, 3.8) is 0 Å². The first-order valence-corrected chi connectivity index (χ1v) is 8.32. The molecule has 1 aromatic carbocycles. The van der Waals surface area contributed by atoms with E-state index in [-0.39, 0.29) is 5.54 Å². The first-order valence-electron chi connectivity index (χ1n) is 7.51. The highest BCUT2D eigenvalue weighted by atomic mass is 32.1. The molecule has 0 unspecified atom stereocenters. The van der Waals surface area contributed by atoms with E-state index in [0.717, 1.165) is 29.4 Å². The number of hydrogen-bond acceptors (Lipinski definition) is 4. The topological polar surface area (TPSA) is 37.8 Å². The summed E-state index contributed by atoms with van der Waals surface area (Å²) in [4.78, 5) is 0. The molecular weight excluding hydrogens is 278 g/mol. The Kier molecular flexibility index (Phi) is 5.12. The van der Waals surface area contributed by atoms with Gasteiger partial charge in [-0.3, -0.25) is 0 Å². The maximum atomic E-state index is 4.38. The van der Waals surface area contributed by atoms with Crippen LogP contribution in [-0.4, -0.2) is 22.3 Å². The molecule has 114 valence electrons. The van der Waals surface area contributed by atoms with E-state index in [1.807, 2.05) is 0 Å². The second-order valence-corrected chi connectivity index (χ2v) is 7.61. The zero-order valence-corrected chi connectivity index (χ0v) is 14.5. The Labute approximate surface area is 131 Å². The minimum atomic E-state index is 0.185. The first kappa shape index (κ1) is 16.1. The van der Waals surface area contributed by atoms with Gasteiger partial charge < -0.3 is 5.32 Å². The number of hydrogen-bond donors (Lipinski definition) is 1. The van der Waals surface area contributed by atoms with Gasteiger partial charge >= 0.3 is 0 Å². The van der Waals surface area contributed by atoms with E-state index in [1.165, 1.54) is 16.7 Å². The molecule has 1 heterocycles. The number of nitrogens with zero attached hydrogens (tertiary/aromatic N) is 2. The lowest BCUT2D eigenvalue weighted by Crippen LogP contribution is -2.36. The van der Waals surface area contributed by atoms with Crippen LogP contribution in [0.1, 0.15) is 43.3 Å². The summed E-state index contributed by atoms with van der Waals surface area (Å²) in [5.41, 5.74) is 3.97. The Balaban J connectivity index is 1.99. The third-order valence-electron chi connectivity index (χ3n) is 3.38. The number of aromatic nitrogens is 2. The highest BCUT2D eigenvalue weighted by Crippen LogP contribution is 2.29. The van der Waals surface area contributed by atoms with Crippen molar-refractivity contribution in [1.82, 2.24) is 15.5 Å². The van der Waals surface area contributed by atoms with Crippen molar-refractivity contribution in [1.29, 1.82) is 0 Å². The fraction of sp³-hybridized carbons (Fsp3) is 0.529. The van der Waals surface area contributed by atoms with Crippen LogP contribution >= 0.6 is 11.3 Å². The van der Waals surface area contributed by atoms with Crippen molar-refractivity contribution >= 4 is 11.3 Å². The maximum absolute atomic E-state index is 4.38. The summed E-state index contributed by atoms with van der Waals surface area (Å²) in [5.74, 6) is 0. The molecule has 0 radical (unpaired) electrons. The Bertz CT molecular complexity index is 576. The van der Waals surface area contributed by atoms with Crippen molar-refractivity contribution in [3.8, 4) is 10.6 Å². The average molecular weight is 303 g/mol. The van der Waals surface area contributed by atoms with E-state index in [9.17, 15) is 0 Å². The van der Waals surface area contributed by atoms with Gasteiger partial charge in [-0.2, -0.15) is 0 Å². The molecule has 0 aliphatic heterocycles. The third-order valence-corrected chi connectivity index (χ3v) is 4.39. The van der Waals surface area contributed by atoms with Gasteiger partial charge in [0.05, 0.1) is 0 Å². The Morgan fingerprint density at radius 2 is 1.76 bits per heavy atom. The SMILES string of the molecule is Cc1cccc(C)c1-c1nnc(CCCNC(C)(C)C)s1. The summed E-state index contributed by atoms with van der Waals surface area (Å²) < 4.78 is 0. The smallest absolute Gasteiger partial charge is 0.148 e. The van der Waals surface area contributed by atoms with Crippen LogP contribution in [0.2, 0.25) is 0 Å². The minimum absolute atomic E-state index is 0.185. The molecule has 0 atom stereocenters. The maximum Gasteiger partial charge on any atom is 0.148 e. The summed E-state index contributed by atoms with van der Waals surface area (Å²) in [7, 11) is 0. The Hall–Kier alpha value is -1.26. The van der Waals surface area contributed by atoms with Gasteiger partial charge in [0.15, 0.2) is 0 Å². The molecule has 1 aromatic heterocycles. The van der Waals surface area contributed by atoms with Crippen LogP contribution in [0.4, 0.5) is 0 Å². The molecule has 4 heteroatoms. The zero-order valence-electron chi connectivity index (χ0n) is 13.7. The number of benzene rings is 1. The van der Waals surface area contributed by atoms with Crippen LogP contribution in [0.5, 0.6) is 0 Å². The lowest BCUT2D eigenvalue weighted by molar-refractivity contribution is 0.422. The minimum Gasteiger partial charge on any atom is -0.312 e. The summed E-state index contributed by atoms with van der Waals surface area (Å²) in [6.45, 7) is 11.9. The molecule has 21 heavy (non-hydrogen) atoms. The molecule has 0 amide bonds. The normalized spacial score (nSPS) is 11.9. The molecule has 0 aliphatic rings. The zero-order chi connectivity index (χ0) is 15.5. The number of rotatable bonds is 5. The number of aryl methyl sites for hydroxylation is 3. The van der Waals surface area contributed by atoms with Crippen LogP contribution in [0, 0.1) is 13.8 Å². The molecule has 0 saturated carbocycles. The van der Waals surface area contributed by atoms with E-state index in [1.54, 1.807) is 11.3 Å². The fourth-order valence-electron chi connectivity index (χ4n) is 2.31. The lowest BCUT2D eigenvalue weighted by atomic mass is 10.0. The average Bonchev–Trinajstić information content (AvgIpc) is 2.82. The molecular formula is C17H25N3S. The largest absolute Gasteiger partial charge is 0.312 e. The van der Waals surface area contributed by atoms with Crippen molar-refractivity contribution in [2.75, 3.05) is 6.54 Å². The van der Waals surface area contributed by atoms with Crippen LogP contribution in [0.3, 0.4) is 0 Å². The standard InChI is InChI=1S/C17H25N3S/c1-12-8-6-9-13(2)15(12)16-20-19-14(21-16)10-7-11-18-17(3,4)5/h6,8-9,18H,7,10-11H2,1-5H3. The van der Waals surface area contributed by atoms with E-state index >= 15 is 0 Å². The second-order valence-electron chi connectivity index (χ2n) is 6.55. The predicted octanol–water partition coefficient (Wildman–Crippen LogP) is 4.14.